The van der Waals surface area contributed by atoms with E-state index in [2.05, 4.69) is 33.2 Å². The number of nitrogens with zero attached hydrogens (tertiary/aromatic N) is 2. The summed E-state index contributed by atoms with van der Waals surface area (Å²) < 4.78 is 2.70. The van der Waals surface area contributed by atoms with Crippen LogP contribution in [0, 0.1) is 6.92 Å². The Morgan fingerprint density at radius 3 is 2.58 bits per heavy atom. The van der Waals surface area contributed by atoms with Crippen LogP contribution in [0.3, 0.4) is 0 Å². The van der Waals surface area contributed by atoms with Gasteiger partial charge in [-0.15, -0.1) is 11.3 Å². The molecule has 0 aliphatic carbocycles. The van der Waals surface area contributed by atoms with Crippen LogP contribution in [0.15, 0.2) is 41.0 Å². The topological polar surface area (TPSA) is 86.9 Å². The van der Waals surface area contributed by atoms with Gasteiger partial charge in [0.15, 0.2) is 0 Å². The van der Waals surface area contributed by atoms with Crippen LogP contribution in [-0.4, -0.2) is 22.2 Å². The third-order valence-electron chi connectivity index (χ3n) is 4.46. The van der Waals surface area contributed by atoms with Crippen molar-refractivity contribution in [1.82, 2.24) is 9.78 Å². The fraction of sp³-hybridized carbons (Fsp3) is 0.263. The zero-order valence-corrected chi connectivity index (χ0v) is 17.1. The first-order chi connectivity index (χ1) is 12.4. The van der Waals surface area contributed by atoms with E-state index in [9.17, 15) is 4.79 Å². The molecule has 4 N–H and O–H groups in total. The molecule has 0 bridgehead atoms. The minimum atomic E-state index is -0.428. The van der Waals surface area contributed by atoms with Gasteiger partial charge >= 0.3 is 0 Å². The molecule has 26 heavy (non-hydrogen) atoms. The zero-order chi connectivity index (χ0) is 18.8. The summed E-state index contributed by atoms with van der Waals surface area (Å²) in [5.41, 5.74) is 15.9. The van der Waals surface area contributed by atoms with E-state index < -0.39 is 5.91 Å². The number of carbonyl (C=O) groups excluding carboxylic acids is 1. The van der Waals surface area contributed by atoms with Crippen LogP contribution in [0.4, 0.5) is 0 Å². The first-order valence-electron chi connectivity index (χ1n) is 8.29. The predicted octanol–water partition coefficient (Wildman–Crippen LogP) is 3.60. The average molecular weight is 433 g/mol. The third-order valence-corrected chi connectivity index (χ3v) is 6.78. The molecule has 1 aromatic carbocycles. The minimum absolute atomic E-state index is 0.00666. The molecule has 0 spiro atoms. The molecular formula is C19H21BrN4OS. The fourth-order valence-corrected chi connectivity index (χ4v) is 5.56. The molecule has 2 heterocycles. The van der Waals surface area contributed by atoms with Crippen LogP contribution in [0.2, 0.25) is 0 Å². The van der Waals surface area contributed by atoms with Crippen molar-refractivity contribution in [3.05, 3.63) is 62.6 Å². The quantitative estimate of drug-likeness (QED) is 0.623. The van der Waals surface area contributed by atoms with Crippen molar-refractivity contribution >= 4 is 33.2 Å². The van der Waals surface area contributed by atoms with E-state index in [1.165, 1.54) is 16.9 Å². The monoisotopic (exact) mass is 432 g/mol. The number of amides is 1. The van der Waals surface area contributed by atoms with E-state index in [4.69, 9.17) is 11.5 Å². The van der Waals surface area contributed by atoms with E-state index in [1.54, 1.807) is 0 Å². The molecule has 5 nitrogen and oxygen atoms in total. The summed E-state index contributed by atoms with van der Waals surface area (Å²) in [6.07, 6.45) is 2.56. The van der Waals surface area contributed by atoms with Crippen LogP contribution in [0.25, 0.3) is 10.6 Å². The van der Waals surface area contributed by atoms with Crippen molar-refractivity contribution in [3.63, 3.8) is 0 Å². The molecule has 7 heteroatoms. The number of thiophene rings is 1. The molecular weight excluding hydrogens is 412 g/mol. The lowest BCUT2D eigenvalue weighted by molar-refractivity contribution is 0.100. The van der Waals surface area contributed by atoms with Crippen molar-refractivity contribution in [2.24, 2.45) is 18.5 Å². The van der Waals surface area contributed by atoms with Gasteiger partial charge in [-0.3, -0.25) is 9.48 Å². The second-order valence-corrected chi connectivity index (χ2v) is 8.09. The van der Waals surface area contributed by atoms with Gasteiger partial charge in [-0.2, -0.15) is 5.10 Å². The van der Waals surface area contributed by atoms with Gasteiger partial charge in [-0.25, -0.2) is 0 Å². The summed E-state index contributed by atoms with van der Waals surface area (Å²) in [6, 6.07) is 10.1. The summed E-state index contributed by atoms with van der Waals surface area (Å²) in [4.78, 5) is 13.7. The van der Waals surface area contributed by atoms with Crippen molar-refractivity contribution in [2.45, 2.75) is 19.3 Å². The normalized spacial score (nSPS) is 12.3. The summed E-state index contributed by atoms with van der Waals surface area (Å²) in [5.74, 6) is -0.434. The maximum Gasteiger partial charge on any atom is 0.259 e. The molecule has 1 amide bonds. The number of aryl methyl sites for hydroxylation is 2. The lowest BCUT2D eigenvalue weighted by atomic mass is 9.91. The summed E-state index contributed by atoms with van der Waals surface area (Å²) >= 11 is 5.12. The Kier molecular flexibility index (Phi) is 5.60. The Morgan fingerprint density at radius 2 is 2.04 bits per heavy atom. The molecule has 3 rings (SSSR count). The highest BCUT2D eigenvalue weighted by Gasteiger charge is 2.28. The first-order valence-corrected chi connectivity index (χ1v) is 9.89. The number of aromatic nitrogens is 2. The molecule has 0 radical (unpaired) electrons. The van der Waals surface area contributed by atoms with E-state index >= 15 is 0 Å². The van der Waals surface area contributed by atoms with Crippen LogP contribution >= 0.6 is 27.3 Å². The van der Waals surface area contributed by atoms with Crippen LogP contribution in [-0.2, 0) is 13.5 Å². The van der Waals surface area contributed by atoms with E-state index in [1.807, 2.05) is 43.0 Å². The predicted molar refractivity (Wildman–Crippen MR) is 109 cm³/mol. The van der Waals surface area contributed by atoms with Crippen molar-refractivity contribution in [3.8, 4) is 10.6 Å². The van der Waals surface area contributed by atoms with E-state index in [0.29, 0.717) is 11.4 Å². The van der Waals surface area contributed by atoms with Crippen LogP contribution in [0.5, 0.6) is 0 Å². The SMILES string of the molecule is Cc1cnn(C)c1-c1sc(C(N)=O)c(C(CN)Cc2ccccc2)c1Br. The maximum atomic E-state index is 12.1. The standard InChI is InChI=1S/C19H21BrN4OS/c1-11-10-23-24(2)16(11)18-15(20)14(17(26-18)19(22)25)13(9-21)8-12-6-4-3-5-7-12/h3-7,10,13H,8-9,21H2,1-2H3,(H2,22,25). The summed E-state index contributed by atoms with van der Waals surface area (Å²) in [5, 5.41) is 4.31. The highest BCUT2D eigenvalue weighted by Crippen LogP contribution is 2.45. The minimum Gasteiger partial charge on any atom is -0.365 e. The lowest BCUT2D eigenvalue weighted by Gasteiger charge is -2.16. The molecule has 0 saturated heterocycles. The Hall–Kier alpha value is -1.96. The number of benzene rings is 1. The van der Waals surface area contributed by atoms with Gasteiger partial charge in [0.05, 0.1) is 21.6 Å². The van der Waals surface area contributed by atoms with Gasteiger partial charge in [0, 0.05) is 17.4 Å². The van der Waals surface area contributed by atoms with Gasteiger partial charge in [0.2, 0.25) is 0 Å². The lowest BCUT2D eigenvalue weighted by Crippen LogP contribution is -2.19. The average Bonchev–Trinajstić information content (AvgIpc) is 3.13. The summed E-state index contributed by atoms with van der Waals surface area (Å²) in [6.45, 7) is 2.43. The van der Waals surface area contributed by atoms with Crippen LogP contribution in [0.1, 0.15) is 32.3 Å². The highest BCUT2D eigenvalue weighted by molar-refractivity contribution is 9.10. The summed E-state index contributed by atoms with van der Waals surface area (Å²) in [7, 11) is 1.89. The molecule has 2 aromatic heterocycles. The second-order valence-electron chi connectivity index (χ2n) is 6.27. The maximum absolute atomic E-state index is 12.1. The van der Waals surface area contributed by atoms with Crippen molar-refractivity contribution < 1.29 is 4.79 Å². The number of nitrogens with two attached hydrogens (primary N) is 2. The smallest absolute Gasteiger partial charge is 0.259 e. The number of rotatable bonds is 6. The molecule has 0 saturated carbocycles. The largest absolute Gasteiger partial charge is 0.365 e. The number of hydrogen-bond donors (Lipinski definition) is 2. The van der Waals surface area contributed by atoms with Gasteiger partial charge < -0.3 is 11.5 Å². The van der Waals surface area contributed by atoms with Gasteiger partial charge in [-0.1, -0.05) is 30.3 Å². The van der Waals surface area contributed by atoms with Crippen molar-refractivity contribution in [1.29, 1.82) is 0 Å². The zero-order valence-electron chi connectivity index (χ0n) is 14.7. The molecule has 0 fully saturated rings. The fourth-order valence-electron chi connectivity index (χ4n) is 3.20. The number of primary amides is 1. The second kappa shape index (κ2) is 7.73. The Labute approximate surface area is 165 Å². The highest BCUT2D eigenvalue weighted by atomic mass is 79.9. The van der Waals surface area contributed by atoms with E-state index in [0.717, 1.165) is 32.6 Å². The van der Waals surface area contributed by atoms with Crippen LogP contribution < -0.4 is 11.5 Å². The van der Waals surface area contributed by atoms with Gasteiger partial charge in [-0.05, 0) is 52.5 Å². The number of hydrogen-bond acceptors (Lipinski definition) is 4. The Morgan fingerprint density at radius 1 is 1.35 bits per heavy atom. The molecule has 136 valence electrons. The van der Waals surface area contributed by atoms with Crippen molar-refractivity contribution in [2.75, 3.05) is 6.54 Å². The third kappa shape index (κ3) is 3.47. The molecule has 0 aliphatic heterocycles. The van der Waals surface area contributed by atoms with Gasteiger partial charge in [0.25, 0.3) is 5.91 Å². The molecule has 3 aromatic rings. The molecule has 1 unspecified atom stereocenters. The Balaban J connectivity index is 2.12. The van der Waals surface area contributed by atoms with E-state index in [-0.39, 0.29) is 5.92 Å². The van der Waals surface area contributed by atoms with Gasteiger partial charge in [0.1, 0.15) is 0 Å². The number of carbonyl (C=O) groups is 1. The Bertz CT molecular complexity index is 913. The number of halogens is 1. The molecule has 0 aliphatic rings. The molecule has 1 atom stereocenters. The first kappa shape index (κ1) is 18.8.